The van der Waals surface area contributed by atoms with Crippen LogP contribution < -0.4 is 0 Å². The smallest absolute Gasteiger partial charge is 0.116 e. The van der Waals surface area contributed by atoms with E-state index >= 15 is 0 Å². The van der Waals surface area contributed by atoms with Crippen molar-refractivity contribution >= 4 is 10.9 Å². The van der Waals surface area contributed by atoms with E-state index in [2.05, 4.69) is 78.4 Å². The van der Waals surface area contributed by atoms with E-state index in [9.17, 15) is 0 Å². The van der Waals surface area contributed by atoms with E-state index in [4.69, 9.17) is 0 Å². The number of nitrogens with zero attached hydrogens (tertiary/aromatic N) is 2. The summed E-state index contributed by atoms with van der Waals surface area (Å²) in [6, 6.07) is 23.5. The second-order valence-electron chi connectivity index (χ2n) is 7.14. The number of rotatable bonds is 1. The Morgan fingerprint density at radius 2 is 1.40 bits per heavy atom. The Morgan fingerprint density at radius 1 is 0.680 bits per heavy atom. The molecule has 25 heavy (non-hydrogen) atoms. The molecule has 0 spiro atoms. The SMILES string of the molecule is CC1(C)c2ccccc2-c2c(-c3ncnc4ccccc34)cccc21. The first-order chi connectivity index (χ1) is 12.2. The molecule has 2 nitrogen and oxygen atoms in total. The molecule has 120 valence electrons. The summed E-state index contributed by atoms with van der Waals surface area (Å²) >= 11 is 0. The average Bonchev–Trinajstić information content (AvgIpc) is 2.90. The first kappa shape index (κ1) is 14.4. The lowest BCUT2D eigenvalue weighted by atomic mass is 9.82. The van der Waals surface area contributed by atoms with Crippen LogP contribution in [-0.2, 0) is 5.41 Å². The van der Waals surface area contributed by atoms with Crippen LogP contribution >= 0.6 is 0 Å². The van der Waals surface area contributed by atoms with Crippen LogP contribution in [0.15, 0.2) is 73.1 Å². The van der Waals surface area contributed by atoms with Gasteiger partial charge in [0.05, 0.1) is 11.2 Å². The maximum absolute atomic E-state index is 4.66. The molecule has 0 amide bonds. The van der Waals surface area contributed by atoms with E-state index in [1.165, 1.54) is 27.8 Å². The Bertz CT molecular complexity index is 1120. The van der Waals surface area contributed by atoms with Crippen molar-refractivity contribution in [2.45, 2.75) is 19.3 Å². The molecular weight excluding hydrogens is 304 g/mol. The zero-order chi connectivity index (χ0) is 17.0. The molecule has 1 heterocycles. The van der Waals surface area contributed by atoms with Gasteiger partial charge in [-0.05, 0) is 28.3 Å². The minimum absolute atomic E-state index is 0.00473. The fraction of sp³-hybridized carbons (Fsp3) is 0.130. The van der Waals surface area contributed by atoms with Gasteiger partial charge in [0.25, 0.3) is 0 Å². The van der Waals surface area contributed by atoms with Crippen LogP contribution in [0.1, 0.15) is 25.0 Å². The van der Waals surface area contributed by atoms with Gasteiger partial charge in [0.1, 0.15) is 6.33 Å². The molecule has 1 aliphatic carbocycles. The van der Waals surface area contributed by atoms with Gasteiger partial charge in [0.15, 0.2) is 0 Å². The first-order valence-electron chi connectivity index (χ1n) is 8.61. The summed E-state index contributed by atoms with van der Waals surface area (Å²) in [6.45, 7) is 4.61. The maximum Gasteiger partial charge on any atom is 0.116 e. The number of hydrogen-bond donors (Lipinski definition) is 0. The number of benzene rings is 3. The second-order valence-corrected chi connectivity index (χ2v) is 7.14. The summed E-state index contributed by atoms with van der Waals surface area (Å²) in [4.78, 5) is 9.09. The number of para-hydroxylation sites is 1. The van der Waals surface area contributed by atoms with Crippen molar-refractivity contribution in [3.05, 3.63) is 84.2 Å². The quantitative estimate of drug-likeness (QED) is 0.455. The Balaban J connectivity index is 1.90. The van der Waals surface area contributed by atoms with Crippen LogP contribution in [-0.4, -0.2) is 9.97 Å². The van der Waals surface area contributed by atoms with Crippen LogP contribution in [0.5, 0.6) is 0 Å². The maximum atomic E-state index is 4.66. The van der Waals surface area contributed by atoms with Gasteiger partial charge >= 0.3 is 0 Å². The van der Waals surface area contributed by atoms with Gasteiger partial charge in [-0.25, -0.2) is 9.97 Å². The molecule has 0 saturated heterocycles. The van der Waals surface area contributed by atoms with E-state index in [-0.39, 0.29) is 5.41 Å². The monoisotopic (exact) mass is 322 g/mol. The van der Waals surface area contributed by atoms with E-state index in [1.54, 1.807) is 6.33 Å². The third-order valence-electron chi connectivity index (χ3n) is 5.41. The van der Waals surface area contributed by atoms with Crippen molar-refractivity contribution in [3.8, 4) is 22.4 Å². The van der Waals surface area contributed by atoms with Crippen LogP contribution in [0.25, 0.3) is 33.3 Å². The van der Waals surface area contributed by atoms with Gasteiger partial charge in [0, 0.05) is 16.4 Å². The molecule has 5 rings (SSSR count). The molecule has 3 aromatic carbocycles. The Morgan fingerprint density at radius 3 is 2.32 bits per heavy atom. The van der Waals surface area contributed by atoms with Crippen molar-refractivity contribution in [2.24, 2.45) is 0 Å². The molecule has 4 aromatic rings. The van der Waals surface area contributed by atoms with Gasteiger partial charge in [-0.1, -0.05) is 74.5 Å². The highest BCUT2D eigenvalue weighted by molar-refractivity contribution is 5.99. The topological polar surface area (TPSA) is 25.8 Å². The highest BCUT2D eigenvalue weighted by Gasteiger charge is 2.36. The van der Waals surface area contributed by atoms with Gasteiger partial charge in [0.2, 0.25) is 0 Å². The van der Waals surface area contributed by atoms with Crippen LogP contribution in [0.2, 0.25) is 0 Å². The highest BCUT2D eigenvalue weighted by Crippen LogP contribution is 2.52. The van der Waals surface area contributed by atoms with Crippen molar-refractivity contribution < 1.29 is 0 Å². The predicted octanol–water partition coefficient (Wildman–Crippen LogP) is 5.60. The molecule has 0 radical (unpaired) electrons. The lowest BCUT2D eigenvalue weighted by Crippen LogP contribution is -2.14. The minimum Gasteiger partial charge on any atom is -0.236 e. The third-order valence-corrected chi connectivity index (χ3v) is 5.41. The average molecular weight is 322 g/mol. The molecule has 0 unspecified atom stereocenters. The second kappa shape index (κ2) is 5.00. The Labute approximate surface area is 147 Å². The Kier molecular flexibility index (Phi) is 2.87. The summed E-state index contributed by atoms with van der Waals surface area (Å²) in [7, 11) is 0. The molecule has 1 aromatic heterocycles. The van der Waals surface area contributed by atoms with Gasteiger partial charge in [-0.3, -0.25) is 0 Å². The van der Waals surface area contributed by atoms with E-state index in [1.807, 2.05) is 12.1 Å². The molecule has 1 aliphatic rings. The van der Waals surface area contributed by atoms with E-state index in [0.29, 0.717) is 0 Å². The summed E-state index contributed by atoms with van der Waals surface area (Å²) in [5, 5.41) is 1.10. The molecule has 0 atom stereocenters. The predicted molar refractivity (Wildman–Crippen MR) is 103 cm³/mol. The summed E-state index contributed by atoms with van der Waals surface area (Å²) < 4.78 is 0. The van der Waals surface area contributed by atoms with Crippen LogP contribution in [0.4, 0.5) is 0 Å². The van der Waals surface area contributed by atoms with Gasteiger partial charge < -0.3 is 0 Å². The fourth-order valence-corrected chi connectivity index (χ4v) is 4.17. The van der Waals surface area contributed by atoms with Crippen LogP contribution in [0, 0.1) is 0 Å². The van der Waals surface area contributed by atoms with Crippen molar-refractivity contribution in [1.82, 2.24) is 9.97 Å². The molecule has 0 N–H and O–H groups in total. The summed E-state index contributed by atoms with van der Waals surface area (Å²) in [5.74, 6) is 0. The summed E-state index contributed by atoms with van der Waals surface area (Å²) in [5.41, 5.74) is 8.57. The van der Waals surface area contributed by atoms with Crippen molar-refractivity contribution in [3.63, 3.8) is 0 Å². The first-order valence-corrected chi connectivity index (χ1v) is 8.61. The molecule has 0 bridgehead atoms. The molecule has 0 aliphatic heterocycles. The number of hydrogen-bond acceptors (Lipinski definition) is 2. The van der Waals surface area contributed by atoms with Crippen molar-refractivity contribution in [1.29, 1.82) is 0 Å². The lowest BCUT2D eigenvalue weighted by molar-refractivity contribution is 0.660. The zero-order valence-corrected chi connectivity index (χ0v) is 14.3. The van der Waals surface area contributed by atoms with E-state index in [0.717, 1.165) is 16.6 Å². The molecule has 0 fully saturated rings. The van der Waals surface area contributed by atoms with Crippen LogP contribution in [0.3, 0.4) is 0 Å². The number of aromatic nitrogens is 2. The van der Waals surface area contributed by atoms with E-state index < -0.39 is 0 Å². The summed E-state index contributed by atoms with van der Waals surface area (Å²) in [6.07, 6.45) is 1.67. The molecule has 0 saturated carbocycles. The lowest BCUT2D eigenvalue weighted by Gasteiger charge is -2.21. The Hall–Kier alpha value is -3.00. The third kappa shape index (κ3) is 1.91. The number of fused-ring (bicyclic) bond motifs is 4. The standard InChI is InChI=1S/C23H18N2/c1-23(2)18-11-5-3-8-15(18)21-17(10-7-12-19(21)23)22-16-9-4-6-13-20(16)24-14-25-22/h3-14H,1-2H3. The molecule has 2 heteroatoms. The van der Waals surface area contributed by atoms with Gasteiger partial charge in [-0.15, -0.1) is 0 Å². The molecular formula is C23H18N2. The normalized spacial score (nSPS) is 14.3. The minimum atomic E-state index is 0.00473. The largest absolute Gasteiger partial charge is 0.236 e. The zero-order valence-electron chi connectivity index (χ0n) is 14.3. The van der Waals surface area contributed by atoms with Crippen molar-refractivity contribution in [2.75, 3.05) is 0 Å². The highest BCUT2D eigenvalue weighted by atomic mass is 14.8. The van der Waals surface area contributed by atoms with Gasteiger partial charge in [-0.2, -0.15) is 0 Å². The fourth-order valence-electron chi connectivity index (χ4n) is 4.17.